The van der Waals surface area contributed by atoms with Gasteiger partial charge in [-0.1, -0.05) is 6.92 Å². The number of nitrogens with one attached hydrogen (secondary N) is 2. The zero-order valence-corrected chi connectivity index (χ0v) is 18.1. The van der Waals surface area contributed by atoms with Gasteiger partial charge in [0.25, 0.3) is 12.6 Å². The van der Waals surface area contributed by atoms with Gasteiger partial charge in [-0.2, -0.15) is 0 Å². The van der Waals surface area contributed by atoms with Crippen molar-refractivity contribution in [2.75, 3.05) is 45.9 Å². The second-order valence-electron chi connectivity index (χ2n) is 8.96. The van der Waals surface area contributed by atoms with Gasteiger partial charge in [-0.05, 0) is 50.6 Å². The molecule has 0 bridgehead atoms. The van der Waals surface area contributed by atoms with Gasteiger partial charge in [0.15, 0.2) is 19.4 Å². The molecule has 10 nitrogen and oxygen atoms in total. The summed E-state index contributed by atoms with van der Waals surface area (Å²) in [5.41, 5.74) is 8.53. The van der Waals surface area contributed by atoms with E-state index < -0.39 is 6.04 Å². The molecular formula is C18H35N7O3S+2. The van der Waals surface area contributed by atoms with E-state index in [0.717, 1.165) is 51.7 Å². The number of carbonyl (C=O) groups is 1. The lowest BCUT2D eigenvalue weighted by atomic mass is 9.89. The first-order valence-corrected chi connectivity index (χ1v) is 11.0. The Morgan fingerprint density at radius 2 is 2.14 bits per heavy atom. The van der Waals surface area contributed by atoms with Gasteiger partial charge in [0.2, 0.25) is 0 Å². The van der Waals surface area contributed by atoms with E-state index in [9.17, 15) is 14.6 Å². The van der Waals surface area contributed by atoms with Gasteiger partial charge in [-0.25, -0.2) is 4.90 Å². The Morgan fingerprint density at radius 1 is 1.34 bits per heavy atom. The summed E-state index contributed by atoms with van der Waals surface area (Å²) in [6.45, 7) is 5.98. The van der Waals surface area contributed by atoms with E-state index >= 15 is 0 Å². The van der Waals surface area contributed by atoms with Crippen LogP contribution in [0, 0.1) is 15.2 Å². The van der Waals surface area contributed by atoms with E-state index in [0.29, 0.717) is 22.1 Å². The first-order valence-electron chi connectivity index (χ1n) is 10.6. The molecule has 0 radical (unpaired) electrons. The maximum absolute atomic E-state index is 13.1. The highest BCUT2D eigenvalue weighted by Gasteiger charge is 2.44. The highest BCUT2D eigenvalue weighted by Crippen LogP contribution is 2.28. The molecule has 3 saturated heterocycles. The number of fused-ring (bicyclic) bond motifs is 1. The van der Waals surface area contributed by atoms with Crippen molar-refractivity contribution >= 4 is 18.7 Å². The predicted molar refractivity (Wildman–Crippen MR) is 112 cm³/mol. The first-order chi connectivity index (χ1) is 13.8. The van der Waals surface area contributed by atoms with E-state index in [4.69, 9.17) is 5.73 Å². The molecule has 4 unspecified atom stereocenters. The Morgan fingerprint density at radius 3 is 2.83 bits per heavy atom. The topological polar surface area (TPSA) is 114 Å². The average Bonchev–Trinajstić information content (AvgIpc) is 3.08. The summed E-state index contributed by atoms with van der Waals surface area (Å²) in [6, 6.07) is -0.635. The molecule has 1 amide bonds. The molecule has 0 spiro atoms. The summed E-state index contributed by atoms with van der Waals surface area (Å²) in [5.74, 6) is -0.258. The SMILES string of the molecule is CC1(CN)CCN(C[N+](=O)NCC(C(=O)N2CCCC3NCCCC32)[N+](=O)S)C1. The molecule has 3 rings (SSSR count). The van der Waals surface area contributed by atoms with Crippen molar-refractivity contribution in [1.29, 1.82) is 0 Å². The number of carbonyl (C=O) groups excluding carboxylic acids is 1. The van der Waals surface area contributed by atoms with Gasteiger partial charge >= 0.3 is 6.04 Å². The minimum atomic E-state index is -1.04. The number of amides is 1. The molecule has 29 heavy (non-hydrogen) atoms. The molecule has 3 fully saturated rings. The zero-order valence-electron chi connectivity index (χ0n) is 17.3. The van der Waals surface area contributed by atoms with Crippen LogP contribution in [0.15, 0.2) is 0 Å². The fourth-order valence-electron chi connectivity index (χ4n) is 4.81. The molecule has 3 aliphatic rings. The summed E-state index contributed by atoms with van der Waals surface area (Å²) < 4.78 is 0.365. The summed E-state index contributed by atoms with van der Waals surface area (Å²) in [4.78, 5) is 41.9. The van der Waals surface area contributed by atoms with Crippen molar-refractivity contribution < 1.29 is 13.8 Å². The van der Waals surface area contributed by atoms with Crippen molar-refractivity contribution in [3.8, 4) is 0 Å². The number of hydrogen-bond donors (Lipinski definition) is 4. The number of nitrogens with zero attached hydrogens (tertiary/aromatic N) is 4. The lowest BCUT2D eigenvalue weighted by molar-refractivity contribution is -0.628. The Labute approximate surface area is 177 Å². The van der Waals surface area contributed by atoms with E-state index in [1.54, 1.807) is 0 Å². The van der Waals surface area contributed by atoms with Gasteiger partial charge in [0.1, 0.15) is 4.87 Å². The normalized spacial score (nSPS) is 31.2. The van der Waals surface area contributed by atoms with Crippen LogP contribution in [0.1, 0.15) is 39.0 Å². The summed E-state index contributed by atoms with van der Waals surface area (Å²) >= 11 is 3.85. The quantitative estimate of drug-likeness (QED) is 0.237. The van der Waals surface area contributed by atoms with Crippen molar-refractivity contribution in [2.45, 2.75) is 57.2 Å². The molecule has 11 heteroatoms. The van der Waals surface area contributed by atoms with Crippen LogP contribution >= 0.6 is 12.8 Å². The molecule has 0 saturated carbocycles. The van der Waals surface area contributed by atoms with Gasteiger partial charge in [-0.3, -0.25) is 4.79 Å². The largest absolute Gasteiger partial charge is 0.332 e. The van der Waals surface area contributed by atoms with Crippen LogP contribution in [0.5, 0.6) is 0 Å². The second-order valence-corrected chi connectivity index (χ2v) is 9.36. The number of hydrazine groups is 1. The van der Waals surface area contributed by atoms with Crippen LogP contribution in [-0.4, -0.2) is 88.8 Å². The lowest BCUT2D eigenvalue weighted by Crippen LogP contribution is -2.61. The number of piperidine rings is 2. The Bertz CT molecular complexity index is 635. The maximum Gasteiger partial charge on any atom is 0.316 e. The van der Waals surface area contributed by atoms with Crippen molar-refractivity contribution in [1.82, 2.24) is 20.5 Å². The number of nitrogens with two attached hydrogens (primary N) is 1. The average molecular weight is 430 g/mol. The van der Waals surface area contributed by atoms with E-state index in [1.165, 1.54) is 0 Å². The van der Waals surface area contributed by atoms with Crippen molar-refractivity contribution in [3.63, 3.8) is 0 Å². The highest BCUT2D eigenvalue weighted by atomic mass is 32.1. The highest BCUT2D eigenvalue weighted by molar-refractivity contribution is 7.73. The van der Waals surface area contributed by atoms with Crippen LogP contribution < -0.4 is 16.5 Å². The standard InChI is InChI=1S/C18H35N7O3S/c1-18(11-19)6-9-22(12-18)13-24(27)21-10-16(25(28)29)17(26)23-8-3-4-14-15(23)5-2-7-20-14/h14-16,20H,2-13,19H2,1H3,(H,21,27)(H,28,29)/q+2. The van der Waals surface area contributed by atoms with E-state index in [2.05, 4.69) is 30.5 Å². The van der Waals surface area contributed by atoms with Gasteiger partial charge in [0, 0.05) is 36.6 Å². The number of nitroso groups, excluding NO2 is 2. The van der Waals surface area contributed by atoms with Crippen molar-refractivity contribution in [2.24, 2.45) is 11.1 Å². The van der Waals surface area contributed by atoms with Crippen LogP contribution in [0.2, 0.25) is 0 Å². The molecule has 3 heterocycles. The number of likely N-dealkylation sites (tertiary alicyclic amines) is 2. The molecule has 4 N–H and O–H groups in total. The van der Waals surface area contributed by atoms with Crippen LogP contribution in [0.3, 0.4) is 0 Å². The van der Waals surface area contributed by atoms with E-state index in [1.807, 2.05) is 9.80 Å². The number of hydrogen-bond acceptors (Lipinski definition) is 6. The minimum absolute atomic E-state index is 0.0368. The smallest absolute Gasteiger partial charge is 0.316 e. The molecular weight excluding hydrogens is 394 g/mol. The molecule has 0 aromatic rings. The Kier molecular flexibility index (Phi) is 7.47. The van der Waals surface area contributed by atoms with Gasteiger partial charge in [0.05, 0.1) is 9.07 Å². The lowest BCUT2D eigenvalue weighted by Gasteiger charge is -2.44. The number of rotatable bonds is 8. The molecule has 3 aliphatic heterocycles. The monoisotopic (exact) mass is 429 g/mol. The van der Waals surface area contributed by atoms with E-state index in [-0.39, 0.29) is 36.6 Å². The van der Waals surface area contributed by atoms with Gasteiger partial charge < -0.3 is 16.0 Å². The third-order valence-electron chi connectivity index (χ3n) is 6.62. The third-order valence-corrected chi connectivity index (χ3v) is 6.89. The zero-order chi connectivity index (χ0) is 21.0. The summed E-state index contributed by atoms with van der Waals surface area (Å²) in [5, 5.41) is 3.48. The minimum Gasteiger partial charge on any atom is -0.332 e. The summed E-state index contributed by atoms with van der Waals surface area (Å²) in [7, 11) is 0. The van der Waals surface area contributed by atoms with Crippen LogP contribution in [-0.2, 0) is 4.79 Å². The molecule has 4 atom stereocenters. The number of thiol groups is 1. The summed E-state index contributed by atoms with van der Waals surface area (Å²) in [6.07, 6.45) is 4.87. The second kappa shape index (κ2) is 9.67. The fourth-order valence-corrected chi connectivity index (χ4v) is 4.99. The Hall–Kier alpha value is -1.30. The molecule has 0 aromatic heterocycles. The van der Waals surface area contributed by atoms with Gasteiger partial charge in [-0.15, -0.1) is 5.43 Å². The first kappa shape index (κ1) is 22.4. The van der Waals surface area contributed by atoms with Crippen molar-refractivity contribution in [3.05, 3.63) is 9.81 Å². The fraction of sp³-hybridized carbons (Fsp3) is 0.944. The predicted octanol–water partition coefficient (Wildman–Crippen LogP) is -0.367. The maximum atomic E-state index is 13.1. The Balaban J connectivity index is 1.53. The molecule has 0 aliphatic carbocycles. The third kappa shape index (κ3) is 5.44. The molecule has 0 aromatic carbocycles. The van der Waals surface area contributed by atoms with Crippen LogP contribution in [0.25, 0.3) is 0 Å². The van der Waals surface area contributed by atoms with Crippen LogP contribution in [0.4, 0.5) is 0 Å². The molecule has 164 valence electrons.